The van der Waals surface area contributed by atoms with Gasteiger partial charge < -0.3 is 10.4 Å². The molecule has 0 atom stereocenters. The van der Waals surface area contributed by atoms with Gasteiger partial charge in [-0.05, 0) is 12.8 Å². The van der Waals surface area contributed by atoms with E-state index in [1.807, 2.05) is 0 Å². The molecule has 0 aromatic rings. The second-order valence-electron chi connectivity index (χ2n) is 3.82. The predicted octanol–water partition coefficient (Wildman–Crippen LogP) is 1.77. The van der Waals surface area contributed by atoms with Gasteiger partial charge in [-0.15, -0.1) is 0 Å². The standard InChI is InChI=1S/C10H19NO2.Cu/c12-10(13)8-11-9-6-4-2-1-3-5-7-9;/h9,11H,1-8H2,(H,12,13);. The molecule has 1 fully saturated rings. The van der Waals surface area contributed by atoms with Crippen molar-refractivity contribution >= 4 is 5.97 Å². The van der Waals surface area contributed by atoms with Crippen molar-refractivity contribution in [3.63, 3.8) is 0 Å². The Morgan fingerprint density at radius 2 is 1.64 bits per heavy atom. The van der Waals surface area contributed by atoms with Crippen molar-refractivity contribution in [2.45, 2.75) is 51.0 Å². The predicted molar refractivity (Wildman–Crippen MR) is 51.7 cm³/mol. The summed E-state index contributed by atoms with van der Waals surface area (Å²) < 4.78 is 0. The summed E-state index contributed by atoms with van der Waals surface area (Å²) in [7, 11) is 0. The Morgan fingerprint density at radius 3 is 2.14 bits per heavy atom. The van der Waals surface area contributed by atoms with Gasteiger partial charge in [0.25, 0.3) is 0 Å². The number of carboxylic acids is 1. The summed E-state index contributed by atoms with van der Waals surface area (Å²) in [5.41, 5.74) is 0. The van der Waals surface area contributed by atoms with Gasteiger partial charge in [-0.1, -0.05) is 32.1 Å². The molecule has 0 heterocycles. The van der Waals surface area contributed by atoms with E-state index in [1.165, 1.54) is 32.1 Å². The zero-order chi connectivity index (χ0) is 9.52. The summed E-state index contributed by atoms with van der Waals surface area (Å²) in [5.74, 6) is -0.748. The maximum absolute atomic E-state index is 10.3. The van der Waals surface area contributed by atoms with Crippen LogP contribution in [-0.4, -0.2) is 23.7 Å². The first-order valence-electron chi connectivity index (χ1n) is 5.24. The van der Waals surface area contributed by atoms with Crippen LogP contribution in [0.3, 0.4) is 0 Å². The van der Waals surface area contributed by atoms with Crippen molar-refractivity contribution in [3.8, 4) is 0 Å². The molecule has 0 aromatic carbocycles. The van der Waals surface area contributed by atoms with Crippen LogP contribution in [0.2, 0.25) is 0 Å². The van der Waals surface area contributed by atoms with Crippen molar-refractivity contribution < 1.29 is 27.0 Å². The summed E-state index contributed by atoms with van der Waals surface area (Å²) in [6, 6.07) is 0.441. The average Bonchev–Trinajstić information content (AvgIpc) is 2.01. The minimum absolute atomic E-state index is 0. The van der Waals surface area contributed by atoms with Gasteiger partial charge >= 0.3 is 5.97 Å². The van der Waals surface area contributed by atoms with Gasteiger partial charge in [0, 0.05) is 23.1 Å². The van der Waals surface area contributed by atoms with E-state index in [0.29, 0.717) is 6.04 Å². The normalized spacial score (nSPS) is 19.1. The van der Waals surface area contributed by atoms with Crippen LogP contribution in [0.1, 0.15) is 44.9 Å². The SMILES string of the molecule is O=C(O)CNC1CCCCCCC1.[Cu]. The number of rotatable bonds is 3. The molecule has 0 saturated heterocycles. The molecule has 1 rings (SSSR count). The van der Waals surface area contributed by atoms with Gasteiger partial charge in [0.1, 0.15) is 0 Å². The first-order chi connectivity index (χ1) is 6.29. The summed E-state index contributed by atoms with van der Waals surface area (Å²) in [4.78, 5) is 10.3. The molecule has 1 aliphatic carbocycles. The fourth-order valence-corrected chi connectivity index (χ4v) is 1.89. The van der Waals surface area contributed by atoms with Crippen LogP contribution in [0.25, 0.3) is 0 Å². The van der Waals surface area contributed by atoms with Gasteiger partial charge in [0.05, 0.1) is 6.54 Å². The van der Waals surface area contributed by atoms with Crippen molar-refractivity contribution in [2.24, 2.45) is 0 Å². The zero-order valence-electron chi connectivity index (χ0n) is 8.39. The maximum Gasteiger partial charge on any atom is 0.317 e. The van der Waals surface area contributed by atoms with E-state index in [9.17, 15) is 4.79 Å². The van der Waals surface area contributed by atoms with Crippen molar-refractivity contribution in [2.75, 3.05) is 6.54 Å². The van der Waals surface area contributed by atoms with E-state index < -0.39 is 5.97 Å². The number of nitrogens with one attached hydrogen (secondary N) is 1. The fourth-order valence-electron chi connectivity index (χ4n) is 1.89. The first kappa shape index (κ1) is 13.9. The molecule has 1 radical (unpaired) electrons. The van der Waals surface area contributed by atoms with E-state index in [1.54, 1.807) is 0 Å². The average molecular weight is 249 g/mol. The minimum atomic E-state index is -0.748. The van der Waals surface area contributed by atoms with Gasteiger partial charge in [-0.2, -0.15) is 0 Å². The molecule has 14 heavy (non-hydrogen) atoms. The van der Waals surface area contributed by atoms with Crippen molar-refractivity contribution in [1.82, 2.24) is 5.32 Å². The summed E-state index contributed by atoms with van der Waals surface area (Å²) in [5, 5.41) is 11.6. The molecule has 2 N–H and O–H groups in total. The molecule has 0 spiro atoms. The van der Waals surface area contributed by atoms with E-state index >= 15 is 0 Å². The number of aliphatic carboxylic acids is 1. The second-order valence-corrected chi connectivity index (χ2v) is 3.82. The third-order valence-corrected chi connectivity index (χ3v) is 2.65. The molecular formula is C10H19CuNO2. The Kier molecular flexibility index (Phi) is 8.24. The fraction of sp³-hybridized carbons (Fsp3) is 0.900. The van der Waals surface area contributed by atoms with Gasteiger partial charge in [0.2, 0.25) is 0 Å². The monoisotopic (exact) mass is 248 g/mol. The largest absolute Gasteiger partial charge is 0.480 e. The quantitative estimate of drug-likeness (QED) is 0.749. The molecule has 1 aliphatic rings. The third kappa shape index (κ3) is 6.41. The molecule has 4 heteroatoms. The minimum Gasteiger partial charge on any atom is -0.480 e. The Hall–Kier alpha value is -0.0505. The molecule has 87 valence electrons. The number of hydrogen-bond donors (Lipinski definition) is 2. The Bertz CT molecular complexity index is 156. The van der Waals surface area contributed by atoms with E-state index in [2.05, 4.69) is 5.32 Å². The second kappa shape index (κ2) is 8.27. The molecule has 0 aromatic heterocycles. The molecular weight excluding hydrogens is 230 g/mol. The molecule has 3 nitrogen and oxygen atoms in total. The van der Waals surface area contributed by atoms with E-state index in [-0.39, 0.29) is 23.6 Å². The first-order valence-corrected chi connectivity index (χ1v) is 5.24. The smallest absolute Gasteiger partial charge is 0.317 e. The molecule has 0 unspecified atom stereocenters. The van der Waals surface area contributed by atoms with Gasteiger partial charge in [-0.25, -0.2) is 0 Å². The van der Waals surface area contributed by atoms with Gasteiger partial charge in [0.15, 0.2) is 0 Å². The molecule has 0 amide bonds. The van der Waals surface area contributed by atoms with E-state index in [0.717, 1.165) is 12.8 Å². The Balaban J connectivity index is 0.00000169. The maximum atomic E-state index is 10.3. The topological polar surface area (TPSA) is 49.3 Å². The van der Waals surface area contributed by atoms with Crippen LogP contribution in [0.5, 0.6) is 0 Å². The third-order valence-electron chi connectivity index (χ3n) is 2.65. The molecule has 1 saturated carbocycles. The number of hydrogen-bond acceptors (Lipinski definition) is 2. The summed E-state index contributed by atoms with van der Waals surface area (Å²) in [6.07, 6.45) is 8.76. The number of carbonyl (C=O) groups is 1. The Morgan fingerprint density at radius 1 is 1.14 bits per heavy atom. The summed E-state index contributed by atoms with van der Waals surface area (Å²) >= 11 is 0. The van der Waals surface area contributed by atoms with Crippen LogP contribution in [-0.2, 0) is 21.9 Å². The van der Waals surface area contributed by atoms with Crippen LogP contribution in [0, 0.1) is 0 Å². The van der Waals surface area contributed by atoms with E-state index in [4.69, 9.17) is 5.11 Å². The molecule has 0 bridgehead atoms. The Labute approximate surface area is 96.1 Å². The molecule has 0 aliphatic heterocycles. The van der Waals surface area contributed by atoms with Crippen LogP contribution >= 0.6 is 0 Å². The van der Waals surface area contributed by atoms with Crippen LogP contribution < -0.4 is 5.32 Å². The van der Waals surface area contributed by atoms with Crippen LogP contribution in [0.4, 0.5) is 0 Å². The number of carboxylic acid groups (broad SMARTS) is 1. The van der Waals surface area contributed by atoms with Crippen molar-refractivity contribution in [1.29, 1.82) is 0 Å². The van der Waals surface area contributed by atoms with Gasteiger partial charge in [-0.3, -0.25) is 4.79 Å². The zero-order valence-corrected chi connectivity index (χ0v) is 9.33. The van der Waals surface area contributed by atoms with Crippen LogP contribution in [0.15, 0.2) is 0 Å². The summed E-state index contributed by atoms with van der Waals surface area (Å²) in [6.45, 7) is 0.116. The van der Waals surface area contributed by atoms with Crippen molar-refractivity contribution in [3.05, 3.63) is 0 Å².